The molecule has 7 heteroatoms. The van der Waals surface area contributed by atoms with Gasteiger partial charge in [0.25, 0.3) is 5.91 Å². The van der Waals surface area contributed by atoms with Crippen LogP contribution in [0.3, 0.4) is 0 Å². The monoisotopic (exact) mass is 400 g/mol. The predicted molar refractivity (Wildman–Crippen MR) is 110 cm³/mol. The third kappa shape index (κ3) is 5.96. The molecule has 2 aromatic rings. The van der Waals surface area contributed by atoms with Gasteiger partial charge >= 0.3 is 0 Å². The van der Waals surface area contributed by atoms with Gasteiger partial charge in [0.05, 0.1) is 27.2 Å². The summed E-state index contributed by atoms with van der Waals surface area (Å²) >= 11 is 0. The molecule has 0 aliphatic carbocycles. The van der Waals surface area contributed by atoms with Crippen molar-refractivity contribution in [2.75, 3.05) is 21.3 Å². The number of benzene rings is 2. The lowest BCUT2D eigenvalue weighted by Crippen LogP contribution is -2.48. The van der Waals surface area contributed by atoms with Crippen molar-refractivity contribution in [3.8, 4) is 11.5 Å². The molecular weight excluding hydrogens is 372 g/mol. The number of hydrogen-bond donors (Lipinski definition) is 1. The highest BCUT2D eigenvalue weighted by Crippen LogP contribution is 2.29. The van der Waals surface area contributed by atoms with E-state index >= 15 is 0 Å². The highest BCUT2D eigenvalue weighted by molar-refractivity contribution is 5.95. The quantitative estimate of drug-likeness (QED) is 0.654. The zero-order chi connectivity index (χ0) is 21.4. The summed E-state index contributed by atoms with van der Waals surface area (Å²) in [6, 6.07) is 14.5. The molecule has 156 valence electrons. The molecule has 1 N–H and O–H groups in total. The molecule has 0 saturated heterocycles. The number of nitrogens with one attached hydrogen (secondary N) is 1. The number of amides is 2. The van der Waals surface area contributed by atoms with Gasteiger partial charge in [0.15, 0.2) is 11.5 Å². The minimum atomic E-state index is -0.732. The summed E-state index contributed by atoms with van der Waals surface area (Å²) in [6.45, 7) is 3.91. The highest BCUT2D eigenvalue weighted by atomic mass is 16.6. The summed E-state index contributed by atoms with van der Waals surface area (Å²) in [4.78, 5) is 32.0. The van der Waals surface area contributed by atoms with Crippen molar-refractivity contribution in [1.82, 2.24) is 10.4 Å². The van der Waals surface area contributed by atoms with Crippen LogP contribution in [-0.2, 0) is 16.2 Å². The first-order chi connectivity index (χ1) is 13.8. The minimum Gasteiger partial charge on any atom is -0.493 e. The Balaban J connectivity index is 1.96. The molecule has 0 saturated carbocycles. The molecule has 2 rings (SSSR count). The zero-order valence-electron chi connectivity index (χ0n) is 17.5. The van der Waals surface area contributed by atoms with Crippen LogP contribution in [-0.4, -0.2) is 43.5 Å². The van der Waals surface area contributed by atoms with Crippen LogP contribution in [0.4, 0.5) is 0 Å². The molecular formula is C22H28N2O5. The molecule has 0 heterocycles. The first-order valence-electron chi connectivity index (χ1n) is 9.23. The second-order valence-electron chi connectivity index (χ2n) is 7.22. The Hall–Kier alpha value is -3.06. The van der Waals surface area contributed by atoms with Crippen LogP contribution >= 0.6 is 0 Å². The van der Waals surface area contributed by atoms with E-state index in [9.17, 15) is 9.59 Å². The molecule has 2 aromatic carbocycles. The molecule has 0 aliphatic rings. The molecule has 7 nitrogen and oxygen atoms in total. The molecule has 0 spiro atoms. The molecule has 0 radical (unpaired) electrons. The summed E-state index contributed by atoms with van der Waals surface area (Å²) in [6.07, 6.45) is 0.0807. The van der Waals surface area contributed by atoms with Gasteiger partial charge in [-0.1, -0.05) is 30.3 Å². The smallest absolute Gasteiger partial charge is 0.254 e. The Labute approximate surface area is 171 Å². The van der Waals surface area contributed by atoms with Crippen molar-refractivity contribution in [2.24, 2.45) is 0 Å². The number of hydrogen-bond acceptors (Lipinski definition) is 5. The van der Waals surface area contributed by atoms with E-state index in [1.165, 1.54) is 19.1 Å². The second-order valence-corrected chi connectivity index (χ2v) is 7.22. The third-order valence-corrected chi connectivity index (χ3v) is 4.70. The van der Waals surface area contributed by atoms with E-state index in [2.05, 4.69) is 5.48 Å². The normalized spacial score (nSPS) is 10.9. The molecule has 0 fully saturated rings. The van der Waals surface area contributed by atoms with Crippen molar-refractivity contribution >= 4 is 11.8 Å². The summed E-state index contributed by atoms with van der Waals surface area (Å²) in [5.74, 6) is 0.476. The van der Waals surface area contributed by atoms with Crippen LogP contribution in [0, 0.1) is 0 Å². The van der Waals surface area contributed by atoms with Gasteiger partial charge in [-0.3, -0.25) is 14.4 Å². The predicted octanol–water partition coefficient (Wildman–Crippen LogP) is 3.19. The van der Waals surface area contributed by atoms with Crippen LogP contribution in [0.1, 0.15) is 36.2 Å². The van der Waals surface area contributed by atoms with Crippen LogP contribution in [0.15, 0.2) is 48.5 Å². The van der Waals surface area contributed by atoms with Crippen molar-refractivity contribution in [3.05, 3.63) is 59.7 Å². The molecule has 0 bridgehead atoms. The van der Waals surface area contributed by atoms with E-state index in [0.29, 0.717) is 17.1 Å². The first-order valence-corrected chi connectivity index (χ1v) is 9.23. The maximum Gasteiger partial charge on any atom is 0.254 e. The van der Waals surface area contributed by atoms with E-state index in [4.69, 9.17) is 14.3 Å². The van der Waals surface area contributed by atoms with Crippen molar-refractivity contribution in [1.29, 1.82) is 0 Å². The summed E-state index contributed by atoms with van der Waals surface area (Å²) in [5, 5.41) is 0. The number of nitrogens with zero attached hydrogens (tertiary/aromatic N) is 1. The summed E-state index contributed by atoms with van der Waals surface area (Å²) < 4.78 is 10.5. The Bertz CT molecular complexity index is 836. The van der Waals surface area contributed by atoms with Crippen molar-refractivity contribution in [3.63, 3.8) is 0 Å². The average Bonchev–Trinajstić information content (AvgIpc) is 2.72. The fraction of sp³-hybridized carbons (Fsp3) is 0.364. The molecule has 0 atom stereocenters. The maximum absolute atomic E-state index is 12.9. The fourth-order valence-electron chi connectivity index (χ4n) is 2.76. The van der Waals surface area contributed by atoms with Crippen molar-refractivity contribution < 1.29 is 23.9 Å². The van der Waals surface area contributed by atoms with Gasteiger partial charge in [-0.25, -0.2) is 5.48 Å². The Kier molecular flexibility index (Phi) is 7.61. The summed E-state index contributed by atoms with van der Waals surface area (Å²) in [7, 11) is 4.71. The van der Waals surface area contributed by atoms with E-state index in [-0.39, 0.29) is 24.8 Å². The Morgan fingerprint density at radius 2 is 1.66 bits per heavy atom. The average molecular weight is 400 g/mol. The molecule has 0 unspecified atom stereocenters. The lowest BCUT2D eigenvalue weighted by atomic mass is 9.97. The van der Waals surface area contributed by atoms with Gasteiger partial charge < -0.3 is 14.4 Å². The third-order valence-electron chi connectivity index (χ3n) is 4.70. The Morgan fingerprint density at radius 1 is 1.00 bits per heavy atom. The van der Waals surface area contributed by atoms with Gasteiger partial charge in [-0.15, -0.1) is 0 Å². The van der Waals surface area contributed by atoms with Gasteiger partial charge in [-0.2, -0.15) is 0 Å². The van der Waals surface area contributed by atoms with Gasteiger partial charge in [0, 0.05) is 18.2 Å². The first kappa shape index (κ1) is 22.2. The number of hydroxylamine groups is 1. The van der Waals surface area contributed by atoms with Crippen LogP contribution in [0.5, 0.6) is 11.5 Å². The second kappa shape index (κ2) is 9.93. The SMILES string of the molecule is COc1ccc(C(=O)N(C)C(C)(C)CC(=O)NOCc2ccccc2)cc1OC. The van der Waals surface area contributed by atoms with E-state index in [1.807, 2.05) is 44.2 Å². The van der Waals surface area contributed by atoms with E-state index in [0.717, 1.165) is 5.56 Å². The highest BCUT2D eigenvalue weighted by Gasteiger charge is 2.31. The zero-order valence-corrected chi connectivity index (χ0v) is 17.5. The molecule has 2 amide bonds. The summed E-state index contributed by atoms with van der Waals surface area (Å²) in [5.41, 5.74) is 3.10. The van der Waals surface area contributed by atoms with Crippen LogP contribution in [0.25, 0.3) is 0 Å². The maximum atomic E-state index is 12.9. The molecule has 0 aliphatic heterocycles. The van der Waals surface area contributed by atoms with Crippen LogP contribution < -0.4 is 15.0 Å². The number of methoxy groups -OCH3 is 2. The standard InChI is InChI=1S/C22H28N2O5/c1-22(2,14-20(25)23-29-15-16-9-7-6-8-10-16)24(3)21(26)17-11-12-18(27-4)19(13-17)28-5/h6-13H,14-15H2,1-5H3,(H,23,25). The van der Waals surface area contributed by atoms with Crippen molar-refractivity contribution in [2.45, 2.75) is 32.4 Å². The number of carbonyl (C=O) groups excluding carboxylic acids is 2. The molecule has 29 heavy (non-hydrogen) atoms. The van der Waals surface area contributed by atoms with Gasteiger partial charge in [0.1, 0.15) is 0 Å². The topological polar surface area (TPSA) is 77.1 Å². The largest absolute Gasteiger partial charge is 0.493 e. The van der Waals surface area contributed by atoms with Gasteiger partial charge in [0.2, 0.25) is 5.91 Å². The number of rotatable bonds is 9. The number of ether oxygens (including phenoxy) is 2. The van der Waals surface area contributed by atoms with E-state index < -0.39 is 5.54 Å². The number of carbonyl (C=O) groups is 2. The lowest BCUT2D eigenvalue weighted by molar-refractivity contribution is -0.136. The fourth-order valence-corrected chi connectivity index (χ4v) is 2.76. The lowest BCUT2D eigenvalue weighted by Gasteiger charge is -2.35. The van der Waals surface area contributed by atoms with Crippen LogP contribution in [0.2, 0.25) is 0 Å². The van der Waals surface area contributed by atoms with E-state index in [1.54, 1.807) is 25.2 Å². The molecule has 0 aromatic heterocycles. The Morgan fingerprint density at radius 3 is 2.28 bits per heavy atom. The minimum absolute atomic E-state index is 0.0807. The van der Waals surface area contributed by atoms with Gasteiger partial charge in [-0.05, 0) is 37.6 Å².